The van der Waals surface area contributed by atoms with Gasteiger partial charge in [0.1, 0.15) is 18.5 Å². The second-order valence-electron chi connectivity index (χ2n) is 9.05. The van der Waals surface area contributed by atoms with E-state index in [2.05, 4.69) is 24.6 Å². The highest BCUT2D eigenvalue weighted by atomic mass is 28.3. The Hall–Kier alpha value is -3.16. The molecule has 0 aliphatic carbocycles. The molecule has 7 heteroatoms. The average Bonchev–Trinajstić information content (AvgIpc) is 3.20. The monoisotopic (exact) mass is 447 g/mol. The number of hydrogen-bond acceptors (Lipinski definition) is 4. The minimum absolute atomic E-state index is 0.379. The molecule has 2 heterocycles. The third kappa shape index (κ3) is 5.18. The first-order chi connectivity index (χ1) is 15.4. The molecule has 0 radical (unpaired) electrons. The van der Waals surface area contributed by atoms with Crippen LogP contribution in [0.3, 0.4) is 0 Å². The molecule has 32 heavy (non-hydrogen) atoms. The lowest BCUT2D eigenvalue weighted by molar-refractivity contribution is 0.0865. The molecule has 0 N–H and O–H groups in total. The summed E-state index contributed by atoms with van der Waals surface area (Å²) in [5.74, 6) is 0.504. The predicted octanol–water partition coefficient (Wildman–Crippen LogP) is 5.77. The third-order valence-corrected chi connectivity index (χ3v) is 7.04. The van der Waals surface area contributed by atoms with Crippen molar-refractivity contribution in [1.82, 2.24) is 14.5 Å². The van der Waals surface area contributed by atoms with E-state index in [9.17, 15) is 4.79 Å². The van der Waals surface area contributed by atoms with Crippen LogP contribution in [0.15, 0.2) is 73.2 Å². The topological polar surface area (TPSA) is 56.6 Å². The normalized spacial score (nSPS) is 15.5. The highest BCUT2D eigenvalue weighted by Gasteiger charge is 2.33. The van der Waals surface area contributed by atoms with E-state index in [1.165, 1.54) is 0 Å². The van der Waals surface area contributed by atoms with Gasteiger partial charge in [0.2, 0.25) is 0 Å². The maximum absolute atomic E-state index is 13.1. The van der Waals surface area contributed by atoms with Gasteiger partial charge in [0, 0.05) is 20.9 Å². The Morgan fingerprint density at radius 3 is 2.41 bits per heavy atom. The van der Waals surface area contributed by atoms with E-state index in [0.29, 0.717) is 12.5 Å². The first-order valence-electron chi connectivity index (χ1n) is 10.8. The van der Waals surface area contributed by atoms with Gasteiger partial charge in [0.15, 0.2) is 0 Å². The largest absolute Gasteiger partial charge is 0.420 e. The molecule has 2 aromatic carbocycles. The van der Waals surface area contributed by atoms with E-state index in [0.717, 1.165) is 29.6 Å². The molecule has 1 atom stereocenters. The molecular weight excluding hydrogens is 418 g/mol. The van der Waals surface area contributed by atoms with Gasteiger partial charge in [-0.1, -0.05) is 68.2 Å². The van der Waals surface area contributed by atoms with Crippen molar-refractivity contribution in [2.75, 3.05) is 6.61 Å². The SMILES string of the molecule is C[Si](C)(C)CCOCn1cnc2c1C=CN(C(=O)Oc1ccccc1)C2c1ccccc1. The number of carbonyl (C=O) groups is 1. The van der Waals surface area contributed by atoms with Crippen LogP contribution >= 0.6 is 0 Å². The molecule has 0 spiro atoms. The Bertz CT molecular complexity index is 1070. The standard InChI is InChI=1S/C25H29N3O3Si/c1-32(2,3)17-16-30-19-27-18-26-23-22(27)14-15-28(24(23)20-10-6-4-7-11-20)25(29)31-21-12-8-5-9-13-21/h4-15,18,24H,16-17,19H2,1-3H3. The van der Waals surface area contributed by atoms with Gasteiger partial charge >= 0.3 is 6.09 Å². The van der Waals surface area contributed by atoms with Gasteiger partial charge < -0.3 is 14.0 Å². The van der Waals surface area contributed by atoms with Crippen molar-refractivity contribution >= 4 is 20.2 Å². The van der Waals surface area contributed by atoms with Crippen LogP contribution in [0.1, 0.15) is 23.0 Å². The summed E-state index contributed by atoms with van der Waals surface area (Å²) < 4.78 is 13.5. The fourth-order valence-electron chi connectivity index (χ4n) is 3.57. The molecule has 1 aromatic heterocycles. The molecule has 3 aromatic rings. The fraction of sp³-hybridized carbons (Fsp3) is 0.280. The van der Waals surface area contributed by atoms with Crippen LogP contribution in [0.2, 0.25) is 25.7 Å². The zero-order valence-electron chi connectivity index (χ0n) is 18.8. The summed E-state index contributed by atoms with van der Waals surface area (Å²) in [7, 11) is -1.14. The van der Waals surface area contributed by atoms with Crippen LogP contribution in [0.5, 0.6) is 5.75 Å². The molecule has 1 aliphatic rings. The summed E-state index contributed by atoms with van der Waals surface area (Å²) in [5.41, 5.74) is 2.71. The number of benzene rings is 2. The summed E-state index contributed by atoms with van der Waals surface area (Å²) in [4.78, 5) is 19.3. The Morgan fingerprint density at radius 1 is 1.03 bits per heavy atom. The number of ether oxygens (including phenoxy) is 2. The summed E-state index contributed by atoms with van der Waals surface area (Å²) in [6.45, 7) is 8.19. The first kappa shape index (κ1) is 22.0. The number of rotatable bonds is 7. The number of para-hydroxylation sites is 1. The van der Waals surface area contributed by atoms with Crippen molar-refractivity contribution in [3.05, 3.63) is 90.1 Å². The highest BCUT2D eigenvalue weighted by molar-refractivity contribution is 6.76. The second kappa shape index (κ2) is 9.54. The van der Waals surface area contributed by atoms with Crippen molar-refractivity contribution in [3.63, 3.8) is 0 Å². The maximum atomic E-state index is 13.1. The Balaban J connectivity index is 1.57. The summed E-state index contributed by atoms with van der Waals surface area (Å²) in [6, 6.07) is 19.7. The molecule has 0 saturated heterocycles. The lowest BCUT2D eigenvalue weighted by Gasteiger charge is -2.30. The van der Waals surface area contributed by atoms with Crippen molar-refractivity contribution in [1.29, 1.82) is 0 Å². The highest BCUT2D eigenvalue weighted by Crippen LogP contribution is 2.35. The number of hydrogen-bond donors (Lipinski definition) is 0. The van der Waals surface area contributed by atoms with Crippen LogP contribution in [0.4, 0.5) is 4.79 Å². The van der Waals surface area contributed by atoms with Gasteiger partial charge in [-0.25, -0.2) is 9.78 Å². The summed E-state index contributed by atoms with van der Waals surface area (Å²) in [5, 5.41) is 0. The summed E-state index contributed by atoms with van der Waals surface area (Å²) in [6.07, 6.45) is 5.00. The van der Waals surface area contributed by atoms with Gasteiger partial charge in [-0.2, -0.15) is 0 Å². The number of aromatic nitrogens is 2. The van der Waals surface area contributed by atoms with Gasteiger partial charge in [0.25, 0.3) is 0 Å². The van der Waals surface area contributed by atoms with Crippen molar-refractivity contribution in [3.8, 4) is 5.75 Å². The fourth-order valence-corrected chi connectivity index (χ4v) is 4.33. The van der Waals surface area contributed by atoms with Crippen molar-refractivity contribution in [2.24, 2.45) is 0 Å². The number of carbonyl (C=O) groups excluding carboxylic acids is 1. The summed E-state index contributed by atoms with van der Waals surface area (Å²) >= 11 is 0. The Morgan fingerprint density at radius 2 is 1.72 bits per heavy atom. The minimum atomic E-state index is -1.14. The average molecular weight is 448 g/mol. The molecule has 1 aliphatic heterocycles. The van der Waals surface area contributed by atoms with E-state index in [1.54, 1.807) is 29.6 Å². The maximum Gasteiger partial charge on any atom is 0.420 e. The molecular formula is C25H29N3O3Si. The Kier molecular flexibility index (Phi) is 6.57. The van der Waals surface area contributed by atoms with E-state index in [-0.39, 0.29) is 6.04 Å². The smallest absolute Gasteiger partial charge is 0.410 e. The van der Waals surface area contributed by atoms with E-state index < -0.39 is 14.2 Å². The molecule has 1 amide bonds. The van der Waals surface area contributed by atoms with Gasteiger partial charge in [-0.05, 0) is 29.8 Å². The molecule has 4 rings (SSSR count). The number of nitrogens with zero attached hydrogens (tertiary/aromatic N) is 3. The van der Waals surface area contributed by atoms with Crippen LogP contribution in [-0.2, 0) is 11.5 Å². The molecule has 0 bridgehead atoms. The van der Waals surface area contributed by atoms with E-state index in [4.69, 9.17) is 9.47 Å². The number of amides is 1. The van der Waals surface area contributed by atoms with Crippen LogP contribution < -0.4 is 4.74 Å². The van der Waals surface area contributed by atoms with Crippen LogP contribution in [0.25, 0.3) is 6.08 Å². The van der Waals surface area contributed by atoms with Gasteiger partial charge in [0.05, 0.1) is 17.7 Å². The van der Waals surface area contributed by atoms with Crippen LogP contribution in [0, 0.1) is 0 Å². The predicted molar refractivity (Wildman–Crippen MR) is 128 cm³/mol. The van der Waals surface area contributed by atoms with Gasteiger partial charge in [-0.3, -0.25) is 4.90 Å². The quantitative estimate of drug-likeness (QED) is 0.341. The van der Waals surface area contributed by atoms with Crippen molar-refractivity contribution in [2.45, 2.75) is 38.5 Å². The molecule has 166 valence electrons. The molecule has 0 fully saturated rings. The second-order valence-corrected chi connectivity index (χ2v) is 14.7. The lowest BCUT2D eigenvalue weighted by atomic mass is 9.98. The zero-order chi connectivity index (χ0) is 22.6. The van der Waals surface area contributed by atoms with Crippen LogP contribution in [-0.4, -0.2) is 35.2 Å². The lowest BCUT2D eigenvalue weighted by Crippen LogP contribution is -2.35. The molecule has 1 unspecified atom stereocenters. The number of fused-ring (bicyclic) bond motifs is 1. The zero-order valence-corrected chi connectivity index (χ0v) is 19.8. The molecule has 6 nitrogen and oxygen atoms in total. The minimum Gasteiger partial charge on any atom is -0.410 e. The molecule has 0 saturated carbocycles. The van der Waals surface area contributed by atoms with Gasteiger partial charge in [-0.15, -0.1) is 0 Å². The third-order valence-electron chi connectivity index (χ3n) is 5.34. The number of imidazole rings is 1. The Labute approximate surface area is 190 Å². The first-order valence-corrected chi connectivity index (χ1v) is 14.5. The van der Waals surface area contributed by atoms with E-state index in [1.807, 2.05) is 59.2 Å². The van der Waals surface area contributed by atoms with Crippen molar-refractivity contribution < 1.29 is 14.3 Å². The van der Waals surface area contributed by atoms with E-state index >= 15 is 0 Å².